The molecule has 0 bridgehead atoms. The predicted molar refractivity (Wildman–Crippen MR) is 88.0 cm³/mol. The van der Waals surface area contributed by atoms with E-state index in [0.29, 0.717) is 6.54 Å². The first-order chi connectivity index (χ1) is 9.62. The van der Waals surface area contributed by atoms with Crippen molar-refractivity contribution in [2.45, 2.75) is 51.0 Å². The van der Waals surface area contributed by atoms with Crippen molar-refractivity contribution >= 4 is 17.7 Å². The number of rotatable bonds is 8. The molecule has 0 aliphatic heterocycles. The van der Waals surface area contributed by atoms with Gasteiger partial charge in [0.2, 0.25) is 5.91 Å². The SMILES string of the molecule is CCCC[C@H](CC)C(=O)N(C)Cc1ccc(SC)cc1. The highest BCUT2D eigenvalue weighted by Crippen LogP contribution is 2.18. The molecular formula is C17H27NOS. The van der Waals surface area contributed by atoms with E-state index in [4.69, 9.17) is 0 Å². The minimum absolute atomic E-state index is 0.186. The minimum Gasteiger partial charge on any atom is -0.341 e. The summed E-state index contributed by atoms with van der Waals surface area (Å²) in [6.07, 6.45) is 6.32. The fourth-order valence-corrected chi connectivity index (χ4v) is 2.76. The lowest BCUT2D eigenvalue weighted by atomic mass is 9.98. The van der Waals surface area contributed by atoms with Crippen molar-refractivity contribution in [2.24, 2.45) is 5.92 Å². The second kappa shape index (κ2) is 9.06. The van der Waals surface area contributed by atoms with Crippen LogP contribution in [-0.2, 0) is 11.3 Å². The van der Waals surface area contributed by atoms with Crippen LogP contribution in [0, 0.1) is 5.92 Å². The molecule has 0 aromatic heterocycles. The van der Waals surface area contributed by atoms with Gasteiger partial charge in [0.05, 0.1) is 0 Å². The van der Waals surface area contributed by atoms with Gasteiger partial charge in [0.15, 0.2) is 0 Å². The Bertz CT molecular complexity index is 402. The fourth-order valence-electron chi connectivity index (χ4n) is 2.35. The van der Waals surface area contributed by atoms with E-state index in [1.807, 2.05) is 11.9 Å². The van der Waals surface area contributed by atoms with Crippen LogP contribution in [0.5, 0.6) is 0 Å². The van der Waals surface area contributed by atoms with Gasteiger partial charge in [0.25, 0.3) is 0 Å². The van der Waals surface area contributed by atoms with Crippen molar-refractivity contribution in [1.82, 2.24) is 4.90 Å². The van der Waals surface area contributed by atoms with Gasteiger partial charge in [-0.25, -0.2) is 0 Å². The summed E-state index contributed by atoms with van der Waals surface area (Å²) in [4.78, 5) is 15.6. The Labute approximate surface area is 127 Å². The van der Waals surface area contributed by atoms with Crippen LogP contribution in [0.4, 0.5) is 0 Å². The number of nitrogens with zero attached hydrogens (tertiary/aromatic N) is 1. The number of benzene rings is 1. The number of carbonyl (C=O) groups is 1. The Morgan fingerprint density at radius 1 is 1.25 bits per heavy atom. The lowest BCUT2D eigenvalue weighted by Crippen LogP contribution is -2.32. The Hall–Kier alpha value is -0.960. The molecule has 1 aromatic rings. The molecule has 2 nitrogen and oxygen atoms in total. The summed E-state index contributed by atoms with van der Waals surface area (Å²) in [6, 6.07) is 8.46. The first-order valence-electron chi connectivity index (χ1n) is 7.50. The van der Waals surface area contributed by atoms with E-state index >= 15 is 0 Å². The lowest BCUT2D eigenvalue weighted by molar-refractivity contribution is -0.135. The average Bonchev–Trinajstić information content (AvgIpc) is 2.48. The van der Waals surface area contributed by atoms with Crippen molar-refractivity contribution in [3.05, 3.63) is 29.8 Å². The fraction of sp³-hybridized carbons (Fsp3) is 0.588. The maximum Gasteiger partial charge on any atom is 0.225 e. The summed E-state index contributed by atoms with van der Waals surface area (Å²) in [5.74, 6) is 0.473. The molecule has 0 saturated carbocycles. The van der Waals surface area contributed by atoms with Gasteiger partial charge in [0, 0.05) is 24.4 Å². The monoisotopic (exact) mass is 293 g/mol. The second-order valence-electron chi connectivity index (χ2n) is 5.29. The van der Waals surface area contributed by atoms with Crippen molar-refractivity contribution in [3.63, 3.8) is 0 Å². The summed E-state index contributed by atoms with van der Waals surface area (Å²) in [6.45, 7) is 4.99. The molecule has 1 aromatic carbocycles. The van der Waals surface area contributed by atoms with Gasteiger partial charge in [-0.2, -0.15) is 0 Å². The first-order valence-corrected chi connectivity index (χ1v) is 8.72. The third-order valence-corrected chi connectivity index (χ3v) is 4.45. The smallest absolute Gasteiger partial charge is 0.225 e. The molecule has 1 amide bonds. The Morgan fingerprint density at radius 2 is 1.90 bits per heavy atom. The molecule has 0 aliphatic carbocycles. The Balaban J connectivity index is 2.58. The number of hydrogen-bond acceptors (Lipinski definition) is 2. The molecule has 0 unspecified atom stereocenters. The van der Waals surface area contributed by atoms with Crippen LogP contribution in [0.2, 0.25) is 0 Å². The van der Waals surface area contributed by atoms with Crippen LogP contribution in [0.1, 0.15) is 45.1 Å². The molecule has 0 heterocycles. The van der Waals surface area contributed by atoms with Crippen molar-refractivity contribution in [3.8, 4) is 0 Å². The number of hydrogen-bond donors (Lipinski definition) is 0. The Kier molecular flexibility index (Phi) is 7.75. The normalized spacial score (nSPS) is 12.2. The summed E-state index contributed by atoms with van der Waals surface area (Å²) in [5, 5.41) is 0. The second-order valence-corrected chi connectivity index (χ2v) is 6.17. The van der Waals surface area contributed by atoms with Crippen LogP contribution < -0.4 is 0 Å². The molecular weight excluding hydrogens is 266 g/mol. The van der Waals surface area contributed by atoms with E-state index in [9.17, 15) is 4.79 Å². The average molecular weight is 293 g/mol. The summed E-state index contributed by atoms with van der Waals surface area (Å²) in [5.41, 5.74) is 1.20. The third-order valence-electron chi connectivity index (χ3n) is 3.70. The van der Waals surface area contributed by atoms with E-state index in [1.165, 1.54) is 10.5 Å². The molecule has 1 atom stereocenters. The highest BCUT2D eigenvalue weighted by atomic mass is 32.2. The van der Waals surface area contributed by atoms with Gasteiger partial charge in [-0.15, -0.1) is 11.8 Å². The van der Waals surface area contributed by atoms with E-state index in [-0.39, 0.29) is 11.8 Å². The van der Waals surface area contributed by atoms with Gasteiger partial charge in [0.1, 0.15) is 0 Å². The highest BCUT2D eigenvalue weighted by Gasteiger charge is 2.19. The van der Waals surface area contributed by atoms with Crippen molar-refractivity contribution < 1.29 is 4.79 Å². The molecule has 112 valence electrons. The van der Waals surface area contributed by atoms with Crippen LogP contribution in [0.3, 0.4) is 0 Å². The van der Waals surface area contributed by atoms with Crippen LogP contribution in [0.25, 0.3) is 0 Å². The molecule has 0 N–H and O–H groups in total. The molecule has 0 spiro atoms. The van der Waals surface area contributed by atoms with Gasteiger partial charge < -0.3 is 4.90 Å². The molecule has 3 heteroatoms. The third kappa shape index (κ3) is 5.20. The number of amides is 1. The molecule has 0 fully saturated rings. The predicted octanol–water partition coefficient (Wildman–Crippen LogP) is 4.58. The van der Waals surface area contributed by atoms with E-state index in [2.05, 4.69) is 44.4 Å². The number of carbonyl (C=O) groups excluding carboxylic acids is 1. The van der Waals surface area contributed by atoms with Gasteiger partial charge >= 0.3 is 0 Å². The maximum atomic E-state index is 12.4. The van der Waals surface area contributed by atoms with Gasteiger partial charge in [-0.3, -0.25) is 4.79 Å². The van der Waals surface area contributed by atoms with Crippen LogP contribution >= 0.6 is 11.8 Å². The largest absolute Gasteiger partial charge is 0.341 e. The minimum atomic E-state index is 0.186. The topological polar surface area (TPSA) is 20.3 Å². The van der Waals surface area contributed by atoms with Crippen LogP contribution in [0.15, 0.2) is 29.2 Å². The summed E-state index contributed by atoms with van der Waals surface area (Å²) >= 11 is 1.74. The van der Waals surface area contributed by atoms with Crippen LogP contribution in [-0.4, -0.2) is 24.1 Å². The summed E-state index contributed by atoms with van der Waals surface area (Å²) in [7, 11) is 1.92. The lowest BCUT2D eigenvalue weighted by Gasteiger charge is -2.23. The molecule has 20 heavy (non-hydrogen) atoms. The zero-order valence-electron chi connectivity index (χ0n) is 13.2. The van der Waals surface area contributed by atoms with Crippen molar-refractivity contribution in [1.29, 1.82) is 0 Å². The molecule has 0 radical (unpaired) electrons. The molecule has 0 saturated heterocycles. The van der Waals surface area contributed by atoms with E-state index in [0.717, 1.165) is 25.7 Å². The number of thioether (sulfide) groups is 1. The zero-order valence-corrected chi connectivity index (χ0v) is 14.0. The first kappa shape index (κ1) is 17.1. The van der Waals surface area contributed by atoms with E-state index in [1.54, 1.807) is 11.8 Å². The van der Waals surface area contributed by atoms with E-state index < -0.39 is 0 Å². The van der Waals surface area contributed by atoms with Gasteiger partial charge in [-0.1, -0.05) is 38.8 Å². The zero-order chi connectivity index (χ0) is 15.0. The molecule has 1 rings (SSSR count). The quantitative estimate of drug-likeness (QED) is 0.654. The van der Waals surface area contributed by atoms with Crippen molar-refractivity contribution in [2.75, 3.05) is 13.3 Å². The van der Waals surface area contributed by atoms with Gasteiger partial charge in [-0.05, 0) is 36.8 Å². The maximum absolute atomic E-state index is 12.4. The Morgan fingerprint density at radius 3 is 2.40 bits per heavy atom. The highest BCUT2D eigenvalue weighted by molar-refractivity contribution is 7.98. The standard InChI is InChI=1S/C17H27NOS/c1-5-7-8-15(6-2)17(19)18(3)13-14-9-11-16(20-4)12-10-14/h9-12,15H,5-8,13H2,1-4H3/t15-/m0/s1. The number of unbranched alkanes of at least 4 members (excludes halogenated alkanes) is 1. The molecule has 0 aliphatic rings. The summed E-state index contributed by atoms with van der Waals surface area (Å²) < 4.78 is 0.